The van der Waals surface area contributed by atoms with Crippen LogP contribution >= 0.6 is 0 Å². The van der Waals surface area contributed by atoms with E-state index in [0.29, 0.717) is 45.1 Å². The van der Waals surface area contributed by atoms with Crippen molar-refractivity contribution in [2.75, 3.05) is 39.4 Å². The maximum absolute atomic E-state index is 12.6. The predicted octanol–water partition coefficient (Wildman–Crippen LogP) is 2.73. The SMILES string of the molecule is CCCn1c(COCC)nc2cnc3ccc(OCC(=O)N4CCN(C(=O)O)CC4)cc3c21. The number of hydrogen-bond acceptors (Lipinski definition) is 6. The molecule has 1 aromatic carbocycles. The number of imidazole rings is 1. The molecule has 1 aliphatic heterocycles. The molecule has 2 amide bonds. The van der Waals surface area contributed by atoms with Gasteiger partial charge in [0.1, 0.15) is 23.7 Å². The molecule has 0 aliphatic carbocycles. The second-order valence-corrected chi connectivity index (χ2v) is 7.93. The van der Waals surface area contributed by atoms with Gasteiger partial charge in [0, 0.05) is 44.7 Å². The van der Waals surface area contributed by atoms with Crippen LogP contribution in [0.3, 0.4) is 0 Å². The zero-order valence-corrected chi connectivity index (χ0v) is 19.0. The van der Waals surface area contributed by atoms with Crippen LogP contribution in [0.2, 0.25) is 0 Å². The molecule has 1 fully saturated rings. The molecule has 0 unspecified atom stereocenters. The third-order valence-electron chi connectivity index (χ3n) is 5.77. The second kappa shape index (κ2) is 10.0. The fraction of sp³-hybridized carbons (Fsp3) is 0.478. The molecule has 0 bridgehead atoms. The van der Waals surface area contributed by atoms with E-state index in [1.807, 2.05) is 19.1 Å². The summed E-state index contributed by atoms with van der Waals surface area (Å²) >= 11 is 0. The van der Waals surface area contributed by atoms with E-state index in [9.17, 15) is 9.59 Å². The number of aryl methyl sites for hydroxylation is 1. The molecule has 0 atom stereocenters. The summed E-state index contributed by atoms with van der Waals surface area (Å²) in [5.74, 6) is 1.28. The minimum absolute atomic E-state index is 0.105. The molecule has 1 aliphatic rings. The highest BCUT2D eigenvalue weighted by atomic mass is 16.5. The molecule has 1 saturated heterocycles. The van der Waals surface area contributed by atoms with Crippen molar-refractivity contribution in [2.24, 2.45) is 0 Å². The van der Waals surface area contributed by atoms with Crippen molar-refractivity contribution in [3.63, 3.8) is 0 Å². The molecule has 176 valence electrons. The molecule has 0 saturated carbocycles. The van der Waals surface area contributed by atoms with Crippen molar-refractivity contribution in [1.82, 2.24) is 24.3 Å². The molecular weight excluding hydrogens is 426 g/mol. The first-order valence-corrected chi connectivity index (χ1v) is 11.3. The minimum Gasteiger partial charge on any atom is -0.484 e. The summed E-state index contributed by atoms with van der Waals surface area (Å²) in [6.45, 7) is 7.20. The van der Waals surface area contributed by atoms with Crippen molar-refractivity contribution in [3.05, 3.63) is 30.2 Å². The molecule has 3 aromatic rings. The van der Waals surface area contributed by atoms with Gasteiger partial charge in [-0.15, -0.1) is 0 Å². The molecule has 4 rings (SSSR count). The van der Waals surface area contributed by atoms with E-state index >= 15 is 0 Å². The Morgan fingerprint density at radius 1 is 1.09 bits per heavy atom. The Hall–Kier alpha value is -3.40. The summed E-state index contributed by atoms with van der Waals surface area (Å²) in [6.07, 6.45) is 1.77. The average Bonchev–Trinajstić information content (AvgIpc) is 3.19. The van der Waals surface area contributed by atoms with Crippen LogP contribution < -0.4 is 4.74 Å². The number of fused-ring (bicyclic) bond motifs is 3. The van der Waals surface area contributed by atoms with Gasteiger partial charge in [-0.25, -0.2) is 9.78 Å². The van der Waals surface area contributed by atoms with Gasteiger partial charge in [-0.1, -0.05) is 6.92 Å². The van der Waals surface area contributed by atoms with Gasteiger partial charge in [-0.05, 0) is 31.5 Å². The summed E-state index contributed by atoms with van der Waals surface area (Å²) in [4.78, 5) is 35.8. The van der Waals surface area contributed by atoms with Gasteiger partial charge in [0.2, 0.25) is 0 Å². The first kappa shape index (κ1) is 22.8. The molecule has 2 aromatic heterocycles. The summed E-state index contributed by atoms with van der Waals surface area (Å²) in [5.41, 5.74) is 2.61. The lowest BCUT2D eigenvalue weighted by Gasteiger charge is -2.33. The maximum Gasteiger partial charge on any atom is 0.407 e. The van der Waals surface area contributed by atoms with E-state index in [0.717, 1.165) is 40.7 Å². The van der Waals surface area contributed by atoms with Crippen LogP contribution in [0.25, 0.3) is 21.9 Å². The number of amides is 2. The Morgan fingerprint density at radius 2 is 1.85 bits per heavy atom. The number of carboxylic acid groups (broad SMARTS) is 1. The van der Waals surface area contributed by atoms with Crippen molar-refractivity contribution >= 4 is 33.9 Å². The fourth-order valence-electron chi connectivity index (χ4n) is 4.08. The van der Waals surface area contributed by atoms with E-state index in [1.165, 1.54) is 4.90 Å². The average molecular weight is 456 g/mol. The minimum atomic E-state index is -0.957. The normalized spacial score (nSPS) is 14.2. The molecule has 0 radical (unpaired) electrons. The molecule has 0 spiro atoms. The summed E-state index contributed by atoms with van der Waals surface area (Å²) in [7, 11) is 0. The zero-order chi connectivity index (χ0) is 23.4. The first-order chi connectivity index (χ1) is 16.0. The maximum atomic E-state index is 12.6. The molecule has 3 heterocycles. The third kappa shape index (κ3) is 4.85. The number of carbonyl (C=O) groups is 2. The van der Waals surface area contributed by atoms with Crippen LogP contribution in [0.4, 0.5) is 4.79 Å². The number of nitrogens with zero attached hydrogens (tertiary/aromatic N) is 5. The highest BCUT2D eigenvalue weighted by molar-refractivity contribution is 6.02. The van der Waals surface area contributed by atoms with Crippen LogP contribution in [0.5, 0.6) is 5.75 Å². The Labute approximate surface area is 191 Å². The number of ether oxygens (including phenoxy) is 2. The van der Waals surface area contributed by atoms with Crippen molar-refractivity contribution in [1.29, 1.82) is 0 Å². The molecule has 33 heavy (non-hydrogen) atoms. The smallest absolute Gasteiger partial charge is 0.407 e. The molecule has 10 heteroatoms. The number of rotatable bonds is 8. The van der Waals surface area contributed by atoms with Crippen LogP contribution in [0, 0.1) is 0 Å². The quantitative estimate of drug-likeness (QED) is 0.556. The first-order valence-electron chi connectivity index (χ1n) is 11.3. The number of carbonyl (C=O) groups excluding carboxylic acids is 1. The van der Waals surface area contributed by atoms with Crippen LogP contribution in [0.1, 0.15) is 26.1 Å². The van der Waals surface area contributed by atoms with E-state index in [-0.39, 0.29) is 12.5 Å². The van der Waals surface area contributed by atoms with E-state index in [4.69, 9.17) is 19.6 Å². The number of pyridine rings is 1. The van der Waals surface area contributed by atoms with Gasteiger partial charge in [0.15, 0.2) is 6.61 Å². The van der Waals surface area contributed by atoms with E-state index in [2.05, 4.69) is 16.5 Å². The van der Waals surface area contributed by atoms with Crippen LogP contribution in [-0.4, -0.2) is 80.8 Å². The highest BCUT2D eigenvalue weighted by Crippen LogP contribution is 2.28. The Morgan fingerprint density at radius 3 is 2.55 bits per heavy atom. The Kier molecular flexibility index (Phi) is 6.93. The largest absolute Gasteiger partial charge is 0.484 e. The monoisotopic (exact) mass is 455 g/mol. The lowest BCUT2D eigenvalue weighted by molar-refractivity contribution is -0.134. The van der Waals surface area contributed by atoms with Crippen molar-refractivity contribution < 1.29 is 24.2 Å². The molecule has 1 N–H and O–H groups in total. The van der Waals surface area contributed by atoms with Gasteiger partial charge < -0.3 is 28.9 Å². The van der Waals surface area contributed by atoms with E-state index in [1.54, 1.807) is 17.2 Å². The number of aromatic nitrogens is 3. The van der Waals surface area contributed by atoms with Gasteiger partial charge in [-0.3, -0.25) is 9.78 Å². The van der Waals surface area contributed by atoms with Crippen LogP contribution in [-0.2, 0) is 22.7 Å². The third-order valence-corrected chi connectivity index (χ3v) is 5.77. The number of piperazine rings is 1. The van der Waals surface area contributed by atoms with Crippen LogP contribution in [0.15, 0.2) is 24.4 Å². The standard InChI is InChI=1S/C23H29N5O5/c1-3-7-28-20(14-32-4-2)25-19-13-24-18-6-5-16(12-17(18)22(19)28)33-15-21(29)26-8-10-27(11-9-26)23(30)31/h5-6,12-13H,3-4,7-11,14-15H2,1-2H3,(H,30,31). The van der Waals surface area contributed by atoms with Gasteiger partial charge >= 0.3 is 6.09 Å². The highest BCUT2D eigenvalue weighted by Gasteiger charge is 2.24. The predicted molar refractivity (Wildman–Crippen MR) is 122 cm³/mol. The van der Waals surface area contributed by atoms with Gasteiger partial charge in [0.25, 0.3) is 5.91 Å². The fourth-order valence-corrected chi connectivity index (χ4v) is 4.08. The molecule has 10 nitrogen and oxygen atoms in total. The van der Waals surface area contributed by atoms with Gasteiger partial charge in [-0.2, -0.15) is 0 Å². The molecular formula is C23H29N5O5. The lowest BCUT2D eigenvalue weighted by Crippen LogP contribution is -2.51. The Balaban J connectivity index is 1.54. The van der Waals surface area contributed by atoms with Crippen molar-refractivity contribution in [2.45, 2.75) is 33.4 Å². The summed E-state index contributed by atoms with van der Waals surface area (Å²) in [6, 6.07) is 5.59. The van der Waals surface area contributed by atoms with Gasteiger partial charge in [0.05, 0.1) is 17.2 Å². The summed E-state index contributed by atoms with van der Waals surface area (Å²) in [5, 5.41) is 9.97. The zero-order valence-electron chi connectivity index (χ0n) is 19.0. The number of hydrogen-bond donors (Lipinski definition) is 1. The summed E-state index contributed by atoms with van der Waals surface area (Å²) < 4.78 is 13.6. The van der Waals surface area contributed by atoms with Crippen molar-refractivity contribution in [3.8, 4) is 5.75 Å². The Bertz CT molecular complexity index is 1150. The lowest BCUT2D eigenvalue weighted by atomic mass is 10.2. The van der Waals surface area contributed by atoms with E-state index < -0.39 is 6.09 Å². The second-order valence-electron chi connectivity index (χ2n) is 7.93. The number of benzene rings is 1. The topological polar surface area (TPSA) is 110 Å².